The fraction of sp³-hybridized carbons (Fsp3) is 0.300. The van der Waals surface area contributed by atoms with Gasteiger partial charge in [-0.05, 0) is 38.4 Å². The molecule has 30 heavy (non-hydrogen) atoms. The van der Waals surface area contributed by atoms with Gasteiger partial charge >= 0.3 is 0 Å². The Morgan fingerprint density at radius 2 is 1.97 bits per heavy atom. The second-order valence-corrected chi connectivity index (χ2v) is 7.16. The van der Waals surface area contributed by atoms with Crippen molar-refractivity contribution < 1.29 is 19.0 Å². The van der Waals surface area contributed by atoms with Crippen molar-refractivity contribution in [2.45, 2.75) is 6.10 Å². The number of aromatic nitrogens is 2. The van der Waals surface area contributed by atoms with Crippen LogP contribution in [0.15, 0.2) is 36.7 Å². The van der Waals surface area contributed by atoms with Crippen LogP contribution in [0.25, 0.3) is 10.9 Å². The monoisotopic (exact) mass is 456 g/mol. The van der Waals surface area contributed by atoms with Gasteiger partial charge in [0.1, 0.15) is 30.7 Å². The zero-order valence-corrected chi connectivity index (χ0v) is 18.3. The highest BCUT2D eigenvalue weighted by Crippen LogP contribution is 2.35. The first-order valence-corrected chi connectivity index (χ1v) is 9.25. The third kappa shape index (κ3) is 5.82. The highest BCUT2D eigenvalue weighted by molar-refractivity contribution is 6.30. The first kappa shape index (κ1) is 23.9. The number of fused-ring (bicyclic) bond motifs is 1. The molecule has 1 unspecified atom stereocenters. The Morgan fingerprint density at radius 1 is 1.20 bits per heavy atom. The van der Waals surface area contributed by atoms with E-state index < -0.39 is 11.9 Å². The second kappa shape index (κ2) is 10.6. The molecule has 0 amide bonds. The minimum Gasteiger partial charge on any atom is -0.493 e. The number of aliphatic hydroxyl groups is 1. The van der Waals surface area contributed by atoms with Gasteiger partial charge in [0.05, 0.1) is 18.3 Å². The van der Waals surface area contributed by atoms with Gasteiger partial charge in [-0.25, -0.2) is 14.4 Å². The maximum absolute atomic E-state index is 14.1. The average Bonchev–Trinajstić information content (AvgIpc) is 2.67. The molecule has 2 N–H and O–H groups in total. The van der Waals surface area contributed by atoms with Gasteiger partial charge in [-0.3, -0.25) is 0 Å². The van der Waals surface area contributed by atoms with E-state index in [4.69, 9.17) is 21.1 Å². The van der Waals surface area contributed by atoms with Crippen molar-refractivity contribution in [3.8, 4) is 11.5 Å². The zero-order valence-electron chi connectivity index (χ0n) is 16.7. The molecule has 0 bridgehead atoms. The number of hydrogen-bond acceptors (Lipinski definition) is 7. The molecule has 0 aliphatic rings. The van der Waals surface area contributed by atoms with E-state index in [1.165, 1.54) is 25.6 Å². The van der Waals surface area contributed by atoms with E-state index in [1.54, 1.807) is 18.2 Å². The lowest BCUT2D eigenvalue weighted by Gasteiger charge is -2.18. The number of halogens is 3. The number of aliphatic hydroxyl groups excluding tert-OH is 1. The van der Waals surface area contributed by atoms with Crippen LogP contribution in [0.5, 0.6) is 11.5 Å². The van der Waals surface area contributed by atoms with E-state index >= 15 is 0 Å². The molecule has 7 nitrogen and oxygen atoms in total. The lowest BCUT2D eigenvalue weighted by atomic mass is 10.2. The predicted molar refractivity (Wildman–Crippen MR) is 118 cm³/mol. The number of ether oxygens (including phenoxy) is 2. The molecular weight excluding hydrogens is 434 g/mol. The largest absolute Gasteiger partial charge is 0.493 e. The molecule has 3 rings (SSSR count). The van der Waals surface area contributed by atoms with E-state index in [1.807, 2.05) is 19.0 Å². The number of hydrogen-bond donors (Lipinski definition) is 2. The number of nitrogens with one attached hydrogen (secondary N) is 1. The van der Waals surface area contributed by atoms with Crippen LogP contribution in [0.4, 0.5) is 15.9 Å². The van der Waals surface area contributed by atoms with Crippen molar-refractivity contribution in [1.82, 2.24) is 14.9 Å². The standard InChI is InChI=1S/C20H22ClFN4O3.ClH/c1-26(2)9-13(27)10-29-19-8-17-14(7-18(19)28-3)20(24-11-23-17)25-16-5-4-12(21)6-15(16)22;/h4-8,11,13,27H,9-10H2,1-3H3,(H,23,24,25);1H. The van der Waals surface area contributed by atoms with Crippen molar-refractivity contribution in [3.63, 3.8) is 0 Å². The van der Waals surface area contributed by atoms with Crippen molar-refractivity contribution in [2.24, 2.45) is 0 Å². The number of likely N-dealkylation sites (N-methyl/N-ethyl adjacent to an activating group) is 1. The van der Waals surface area contributed by atoms with Gasteiger partial charge in [-0.1, -0.05) is 11.6 Å². The van der Waals surface area contributed by atoms with Gasteiger partial charge in [-0.15, -0.1) is 12.4 Å². The third-order valence-corrected chi connectivity index (χ3v) is 4.35. The van der Waals surface area contributed by atoms with Crippen molar-refractivity contribution in [3.05, 3.63) is 47.5 Å². The zero-order chi connectivity index (χ0) is 21.0. The van der Waals surface area contributed by atoms with Gasteiger partial charge in [0.15, 0.2) is 11.5 Å². The summed E-state index contributed by atoms with van der Waals surface area (Å²) in [6, 6.07) is 7.74. The maximum Gasteiger partial charge on any atom is 0.163 e. The molecule has 0 spiro atoms. The van der Waals surface area contributed by atoms with Crippen LogP contribution < -0.4 is 14.8 Å². The van der Waals surface area contributed by atoms with Gasteiger partial charge in [0.2, 0.25) is 0 Å². The van der Waals surface area contributed by atoms with Crippen LogP contribution in [0.1, 0.15) is 0 Å². The fourth-order valence-electron chi connectivity index (χ4n) is 2.81. The Morgan fingerprint density at radius 3 is 2.63 bits per heavy atom. The molecule has 3 aromatic rings. The molecule has 1 atom stereocenters. The summed E-state index contributed by atoms with van der Waals surface area (Å²) in [5.41, 5.74) is 0.815. The van der Waals surface area contributed by atoms with Crippen molar-refractivity contribution in [2.75, 3.05) is 39.7 Å². The molecule has 0 aliphatic carbocycles. The number of methoxy groups -OCH3 is 1. The number of anilines is 2. The molecule has 1 heterocycles. The minimum absolute atomic E-state index is 0. The Labute approximate surface area is 185 Å². The van der Waals surface area contributed by atoms with Crippen LogP contribution >= 0.6 is 24.0 Å². The van der Waals surface area contributed by atoms with Gasteiger partial charge < -0.3 is 24.8 Å². The molecule has 0 fully saturated rings. The van der Waals surface area contributed by atoms with Crippen LogP contribution in [0.2, 0.25) is 5.02 Å². The molecule has 1 aromatic heterocycles. The van der Waals surface area contributed by atoms with E-state index in [-0.39, 0.29) is 24.7 Å². The van der Waals surface area contributed by atoms with Crippen LogP contribution in [-0.2, 0) is 0 Å². The molecule has 162 valence electrons. The average molecular weight is 457 g/mol. The lowest BCUT2D eigenvalue weighted by Crippen LogP contribution is -2.30. The molecule has 0 aliphatic heterocycles. The van der Waals surface area contributed by atoms with Crippen LogP contribution in [-0.4, -0.2) is 60.4 Å². The van der Waals surface area contributed by atoms with Crippen molar-refractivity contribution in [1.29, 1.82) is 0 Å². The minimum atomic E-state index is -0.652. The van der Waals surface area contributed by atoms with E-state index in [0.29, 0.717) is 39.8 Å². The Balaban J connectivity index is 0.00000320. The van der Waals surface area contributed by atoms with Gasteiger partial charge in [0.25, 0.3) is 0 Å². The predicted octanol–water partition coefficient (Wildman–Crippen LogP) is 3.90. The highest BCUT2D eigenvalue weighted by Gasteiger charge is 2.15. The molecule has 0 saturated carbocycles. The highest BCUT2D eigenvalue weighted by atomic mass is 35.5. The second-order valence-electron chi connectivity index (χ2n) is 6.72. The van der Waals surface area contributed by atoms with Gasteiger partial charge in [0, 0.05) is 23.0 Å². The molecule has 2 aromatic carbocycles. The van der Waals surface area contributed by atoms with E-state index in [0.717, 1.165) is 0 Å². The van der Waals surface area contributed by atoms with E-state index in [2.05, 4.69) is 15.3 Å². The fourth-order valence-corrected chi connectivity index (χ4v) is 2.97. The summed E-state index contributed by atoms with van der Waals surface area (Å²) in [6.07, 6.45) is 0.719. The molecule has 10 heteroatoms. The molecular formula is C20H23Cl2FN4O3. The molecule has 0 saturated heterocycles. The lowest BCUT2D eigenvalue weighted by molar-refractivity contribution is 0.0819. The van der Waals surface area contributed by atoms with Gasteiger partial charge in [-0.2, -0.15) is 0 Å². The summed E-state index contributed by atoms with van der Waals surface area (Å²) < 4.78 is 25.3. The summed E-state index contributed by atoms with van der Waals surface area (Å²) in [5.74, 6) is 0.809. The SMILES string of the molecule is COc1cc2c(Nc3ccc(Cl)cc3F)ncnc2cc1OCC(O)CN(C)C.Cl. The smallest absolute Gasteiger partial charge is 0.163 e. The summed E-state index contributed by atoms with van der Waals surface area (Å²) in [4.78, 5) is 10.3. The summed E-state index contributed by atoms with van der Waals surface area (Å²) in [6.45, 7) is 0.574. The maximum atomic E-state index is 14.1. The molecule has 0 radical (unpaired) electrons. The number of benzene rings is 2. The first-order chi connectivity index (χ1) is 13.9. The first-order valence-electron chi connectivity index (χ1n) is 8.87. The van der Waals surface area contributed by atoms with Crippen LogP contribution in [0.3, 0.4) is 0 Å². The van der Waals surface area contributed by atoms with Crippen LogP contribution in [0, 0.1) is 5.82 Å². The third-order valence-electron chi connectivity index (χ3n) is 4.11. The Kier molecular flexibility index (Phi) is 8.43. The Hall–Kier alpha value is -2.39. The van der Waals surface area contributed by atoms with Crippen molar-refractivity contribution >= 4 is 46.4 Å². The quantitative estimate of drug-likeness (QED) is 0.531. The number of nitrogens with zero attached hydrogens (tertiary/aromatic N) is 3. The van der Waals surface area contributed by atoms with E-state index in [9.17, 15) is 9.50 Å². The topological polar surface area (TPSA) is 79.7 Å². The normalized spacial score (nSPS) is 11.8. The number of rotatable bonds is 8. The Bertz CT molecular complexity index is 1010. The summed E-state index contributed by atoms with van der Waals surface area (Å²) in [5, 5.41) is 13.9. The summed E-state index contributed by atoms with van der Waals surface area (Å²) >= 11 is 5.81. The summed E-state index contributed by atoms with van der Waals surface area (Å²) in [7, 11) is 5.25.